The number of hydrogen-bond acceptors (Lipinski definition) is 5. The number of carbonyl (C=O) groups excluding carboxylic acids is 3. The zero-order valence-corrected chi connectivity index (χ0v) is 15.7. The van der Waals surface area contributed by atoms with E-state index in [1.165, 1.54) is 34.1 Å². The minimum absolute atomic E-state index is 0.298. The number of anilines is 2. The number of para-hydroxylation sites is 2. The Kier molecular flexibility index (Phi) is 6.18. The molecule has 2 aromatic rings. The topological polar surface area (TPSA) is 93.7 Å². The SMILES string of the molecule is COC(=O)c1cccc(NC(=O)C(C)(C)C(=O)Nc2ccccc2OC)c1. The molecule has 0 spiro atoms. The maximum atomic E-state index is 12.7. The van der Waals surface area contributed by atoms with Gasteiger partial charge in [0.25, 0.3) is 0 Å². The number of benzene rings is 2. The fourth-order valence-electron chi connectivity index (χ4n) is 2.26. The van der Waals surface area contributed by atoms with Crippen molar-refractivity contribution in [2.75, 3.05) is 24.9 Å². The smallest absolute Gasteiger partial charge is 0.337 e. The maximum absolute atomic E-state index is 12.7. The van der Waals surface area contributed by atoms with Crippen molar-refractivity contribution in [3.8, 4) is 5.75 Å². The molecule has 0 saturated carbocycles. The van der Waals surface area contributed by atoms with E-state index in [0.717, 1.165) is 0 Å². The van der Waals surface area contributed by atoms with Crippen LogP contribution in [0.1, 0.15) is 24.2 Å². The molecule has 0 aromatic heterocycles. The molecule has 142 valence electrons. The van der Waals surface area contributed by atoms with Gasteiger partial charge in [0.2, 0.25) is 11.8 Å². The van der Waals surface area contributed by atoms with Crippen molar-refractivity contribution in [1.29, 1.82) is 0 Å². The van der Waals surface area contributed by atoms with Crippen LogP contribution in [-0.4, -0.2) is 32.0 Å². The Morgan fingerprint density at radius 1 is 0.889 bits per heavy atom. The molecule has 0 aliphatic carbocycles. The van der Waals surface area contributed by atoms with E-state index in [1.54, 1.807) is 42.5 Å². The van der Waals surface area contributed by atoms with Gasteiger partial charge in [0.05, 0.1) is 25.5 Å². The van der Waals surface area contributed by atoms with Crippen LogP contribution in [0.3, 0.4) is 0 Å². The number of ether oxygens (including phenoxy) is 2. The second-order valence-electron chi connectivity index (χ2n) is 6.31. The Labute approximate surface area is 157 Å². The molecule has 0 fully saturated rings. The second kappa shape index (κ2) is 8.35. The van der Waals surface area contributed by atoms with Gasteiger partial charge in [-0.05, 0) is 44.2 Å². The number of methoxy groups -OCH3 is 2. The van der Waals surface area contributed by atoms with Gasteiger partial charge in [-0.3, -0.25) is 9.59 Å². The van der Waals surface area contributed by atoms with E-state index in [2.05, 4.69) is 15.4 Å². The lowest BCUT2D eigenvalue weighted by Crippen LogP contribution is -2.41. The van der Waals surface area contributed by atoms with Crippen molar-refractivity contribution in [3.63, 3.8) is 0 Å². The zero-order chi connectivity index (χ0) is 20.0. The van der Waals surface area contributed by atoms with E-state index < -0.39 is 23.2 Å². The summed E-state index contributed by atoms with van der Waals surface area (Å²) in [4.78, 5) is 36.9. The van der Waals surface area contributed by atoms with Crippen LogP contribution in [-0.2, 0) is 14.3 Å². The fraction of sp³-hybridized carbons (Fsp3) is 0.250. The van der Waals surface area contributed by atoms with Crippen molar-refractivity contribution in [3.05, 3.63) is 54.1 Å². The van der Waals surface area contributed by atoms with Gasteiger partial charge in [0.15, 0.2) is 0 Å². The highest BCUT2D eigenvalue weighted by atomic mass is 16.5. The van der Waals surface area contributed by atoms with Gasteiger partial charge in [-0.25, -0.2) is 4.79 Å². The van der Waals surface area contributed by atoms with Crippen molar-refractivity contribution in [2.24, 2.45) is 5.41 Å². The van der Waals surface area contributed by atoms with Gasteiger partial charge in [-0.2, -0.15) is 0 Å². The minimum atomic E-state index is -1.37. The van der Waals surface area contributed by atoms with Gasteiger partial charge < -0.3 is 20.1 Å². The van der Waals surface area contributed by atoms with Gasteiger partial charge in [0, 0.05) is 5.69 Å². The van der Waals surface area contributed by atoms with Crippen LogP contribution in [0.25, 0.3) is 0 Å². The summed E-state index contributed by atoms with van der Waals surface area (Å²) in [5.74, 6) is -1.03. The summed E-state index contributed by atoms with van der Waals surface area (Å²) in [6.45, 7) is 3.02. The first-order valence-electron chi connectivity index (χ1n) is 8.24. The predicted octanol–water partition coefficient (Wildman–Crippen LogP) is 3.09. The number of hydrogen-bond donors (Lipinski definition) is 2. The second-order valence-corrected chi connectivity index (χ2v) is 6.31. The van der Waals surface area contributed by atoms with E-state index in [-0.39, 0.29) is 0 Å². The number of carbonyl (C=O) groups is 3. The third kappa shape index (κ3) is 4.63. The number of rotatable bonds is 6. The first kappa shape index (κ1) is 20.0. The third-order valence-corrected chi connectivity index (χ3v) is 4.03. The van der Waals surface area contributed by atoms with Crippen molar-refractivity contribution >= 4 is 29.2 Å². The summed E-state index contributed by atoms with van der Waals surface area (Å²) in [5.41, 5.74) is -0.214. The van der Waals surface area contributed by atoms with E-state index in [1.807, 2.05) is 0 Å². The van der Waals surface area contributed by atoms with Gasteiger partial charge in [-0.15, -0.1) is 0 Å². The molecule has 0 saturated heterocycles. The van der Waals surface area contributed by atoms with Crippen LogP contribution in [0.4, 0.5) is 11.4 Å². The lowest BCUT2D eigenvalue weighted by atomic mass is 9.90. The molecule has 7 heteroatoms. The summed E-state index contributed by atoms with van der Waals surface area (Å²) in [7, 11) is 2.77. The third-order valence-electron chi connectivity index (χ3n) is 4.03. The molecule has 7 nitrogen and oxygen atoms in total. The molecule has 0 unspecified atom stereocenters. The Bertz CT molecular complexity index is 861. The predicted molar refractivity (Wildman–Crippen MR) is 102 cm³/mol. The summed E-state index contributed by atoms with van der Waals surface area (Å²) in [6.07, 6.45) is 0. The summed E-state index contributed by atoms with van der Waals surface area (Å²) in [6, 6.07) is 13.2. The molecule has 0 atom stereocenters. The van der Waals surface area contributed by atoms with Gasteiger partial charge >= 0.3 is 5.97 Å². The first-order chi connectivity index (χ1) is 12.8. The average Bonchev–Trinajstić information content (AvgIpc) is 2.67. The minimum Gasteiger partial charge on any atom is -0.495 e. The Balaban J connectivity index is 2.14. The number of amides is 2. The summed E-state index contributed by atoms with van der Waals surface area (Å²) >= 11 is 0. The monoisotopic (exact) mass is 370 g/mol. The van der Waals surface area contributed by atoms with Crippen LogP contribution < -0.4 is 15.4 Å². The highest BCUT2D eigenvalue weighted by Crippen LogP contribution is 2.27. The van der Waals surface area contributed by atoms with Crippen LogP contribution in [0.5, 0.6) is 5.75 Å². The van der Waals surface area contributed by atoms with Crippen molar-refractivity contribution < 1.29 is 23.9 Å². The molecule has 2 amide bonds. The standard InChI is InChI=1S/C20H22N2O5/c1-20(2,19(25)22-15-10-5-6-11-16(15)26-3)18(24)21-14-9-7-8-13(12-14)17(23)27-4/h5-12H,1-4H3,(H,21,24)(H,22,25). The van der Waals surface area contributed by atoms with Crippen LogP contribution >= 0.6 is 0 Å². The Hall–Kier alpha value is -3.35. The molecular weight excluding hydrogens is 348 g/mol. The average molecular weight is 370 g/mol. The molecule has 0 bridgehead atoms. The highest BCUT2D eigenvalue weighted by molar-refractivity contribution is 6.14. The van der Waals surface area contributed by atoms with Crippen LogP contribution in [0.2, 0.25) is 0 Å². The lowest BCUT2D eigenvalue weighted by molar-refractivity contribution is -0.135. The molecule has 0 aliphatic rings. The number of nitrogens with one attached hydrogen (secondary N) is 2. The molecule has 2 rings (SSSR count). The van der Waals surface area contributed by atoms with E-state index in [0.29, 0.717) is 22.7 Å². The highest BCUT2D eigenvalue weighted by Gasteiger charge is 2.36. The lowest BCUT2D eigenvalue weighted by Gasteiger charge is -2.23. The molecule has 27 heavy (non-hydrogen) atoms. The first-order valence-corrected chi connectivity index (χ1v) is 8.24. The molecule has 0 aliphatic heterocycles. The maximum Gasteiger partial charge on any atom is 0.337 e. The zero-order valence-electron chi connectivity index (χ0n) is 15.7. The van der Waals surface area contributed by atoms with E-state index in [9.17, 15) is 14.4 Å². The normalized spacial score (nSPS) is 10.7. The number of esters is 1. The van der Waals surface area contributed by atoms with E-state index in [4.69, 9.17) is 4.74 Å². The van der Waals surface area contributed by atoms with Gasteiger partial charge in [-0.1, -0.05) is 18.2 Å². The van der Waals surface area contributed by atoms with E-state index >= 15 is 0 Å². The molecule has 2 N–H and O–H groups in total. The quantitative estimate of drug-likeness (QED) is 0.602. The van der Waals surface area contributed by atoms with Crippen molar-refractivity contribution in [2.45, 2.75) is 13.8 Å². The molecular formula is C20H22N2O5. The van der Waals surface area contributed by atoms with Crippen molar-refractivity contribution in [1.82, 2.24) is 0 Å². The Morgan fingerprint density at radius 3 is 2.22 bits per heavy atom. The summed E-state index contributed by atoms with van der Waals surface area (Å²) < 4.78 is 9.86. The molecule has 0 radical (unpaired) electrons. The molecule has 2 aromatic carbocycles. The molecule has 0 heterocycles. The summed E-state index contributed by atoms with van der Waals surface area (Å²) in [5, 5.41) is 5.37. The fourth-order valence-corrected chi connectivity index (χ4v) is 2.26. The van der Waals surface area contributed by atoms with Crippen LogP contribution in [0.15, 0.2) is 48.5 Å². The van der Waals surface area contributed by atoms with Gasteiger partial charge in [0.1, 0.15) is 11.2 Å². The Morgan fingerprint density at radius 2 is 1.56 bits per heavy atom. The largest absolute Gasteiger partial charge is 0.495 e. The van der Waals surface area contributed by atoms with Crippen LogP contribution in [0, 0.1) is 5.41 Å².